The van der Waals surface area contributed by atoms with Crippen LogP contribution in [0.5, 0.6) is 0 Å². The van der Waals surface area contributed by atoms with E-state index in [-0.39, 0.29) is 6.03 Å². The Balaban J connectivity index is 2.41. The van der Waals surface area contributed by atoms with Gasteiger partial charge in [-0.2, -0.15) is 0 Å². The van der Waals surface area contributed by atoms with E-state index in [9.17, 15) is 9.59 Å². The number of hydrogen-bond acceptors (Lipinski definition) is 3. The predicted octanol–water partition coefficient (Wildman–Crippen LogP) is 3.31. The summed E-state index contributed by atoms with van der Waals surface area (Å²) in [6.07, 6.45) is 0. The fourth-order valence-corrected chi connectivity index (χ4v) is 2.33. The lowest BCUT2D eigenvalue weighted by atomic mass is 9.95. The molecule has 1 aliphatic heterocycles. The van der Waals surface area contributed by atoms with Crippen LogP contribution < -0.4 is 10.6 Å². The number of ether oxygens (including phenoxy) is 1. The second-order valence-electron chi connectivity index (χ2n) is 6.12. The molecule has 0 unspecified atom stereocenters. The van der Waals surface area contributed by atoms with Crippen LogP contribution in [0.1, 0.15) is 39.3 Å². The third-order valence-corrected chi connectivity index (χ3v) is 3.34. The van der Waals surface area contributed by atoms with Gasteiger partial charge in [-0.05, 0) is 45.4 Å². The Kier molecular flexibility index (Phi) is 4.47. The lowest BCUT2D eigenvalue weighted by Gasteiger charge is -2.30. The Bertz CT molecular complexity index is 630. The number of carbonyl (C=O) groups is 2. The number of amides is 2. The Morgan fingerprint density at radius 3 is 2.36 bits per heavy atom. The third kappa shape index (κ3) is 3.80. The summed E-state index contributed by atoms with van der Waals surface area (Å²) in [7, 11) is 0. The van der Waals surface area contributed by atoms with E-state index in [1.807, 2.05) is 0 Å². The molecule has 0 fully saturated rings. The van der Waals surface area contributed by atoms with Crippen molar-refractivity contribution in [3.8, 4) is 0 Å². The zero-order valence-corrected chi connectivity index (χ0v) is 13.7. The molecule has 0 bridgehead atoms. The van der Waals surface area contributed by atoms with Gasteiger partial charge < -0.3 is 15.4 Å². The average molecular weight is 323 g/mol. The molecule has 0 saturated carbocycles. The number of benzene rings is 1. The second-order valence-corrected chi connectivity index (χ2v) is 6.56. The van der Waals surface area contributed by atoms with Crippen LogP contribution in [0, 0.1) is 0 Å². The van der Waals surface area contributed by atoms with Gasteiger partial charge in [-0.1, -0.05) is 23.7 Å². The minimum atomic E-state index is -0.615. The van der Waals surface area contributed by atoms with Gasteiger partial charge in [0.15, 0.2) is 0 Å². The highest BCUT2D eigenvalue weighted by atomic mass is 35.5. The van der Waals surface area contributed by atoms with E-state index in [0.29, 0.717) is 16.3 Å². The Morgan fingerprint density at radius 1 is 1.23 bits per heavy atom. The van der Waals surface area contributed by atoms with E-state index in [1.54, 1.807) is 52.0 Å². The van der Waals surface area contributed by atoms with E-state index in [0.717, 1.165) is 5.56 Å². The highest BCUT2D eigenvalue weighted by Crippen LogP contribution is 2.29. The largest absolute Gasteiger partial charge is 0.456 e. The van der Waals surface area contributed by atoms with Gasteiger partial charge in [-0.25, -0.2) is 9.59 Å². The van der Waals surface area contributed by atoms with Gasteiger partial charge in [0.25, 0.3) is 0 Å². The van der Waals surface area contributed by atoms with Gasteiger partial charge in [0, 0.05) is 10.7 Å². The molecule has 1 aromatic carbocycles. The highest BCUT2D eigenvalue weighted by molar-refractivity contribution is 6.30. The van der Waals surface area contributed by atoms with Crippen LogP contribution in [0.2, 0.25) is 5.02 Å². The molecule has 5 nitrogen and oxygen atoms in total. The quantitative estimate of drug-likeness (QED) is 0.821. The predicted molar refractivity (Wildman–Crippen MR) is 84.4 cm³/mol. The van der Waals surface area contributed by atoms with E-state index >= 15 is 0 Å². The first kappa shape index (κ1) is 16.4. The number of halogens is 1. The summed E-state index contributed by atoms with van der Waals surface area (Å²) in [6, 6.07) is 6.05. The molecule has 118 valence electrons. The molecule has 1 aromatic rings. The molecule has 0 radical (unpaired) electrons. The number of allylic oxidation sites excluding steroid dienone is 1. The molecule has 0 saturated heterocycles. The summed E-state index contributed by atoms with van der Waals surface area (Å²) in [4.78, 5) is 24.2. The number of rotatable bonds is 2. The maximum Gasteiger partial charge on any atom is 0.338 e. The molecule has 22 heavy (non-hydrogen) atoms. The molecular weight excluding hydrogens is 304 g/mol. The summed E-state index contributed by atoms with van der Waals surface area (Å²) in [5.41, 5.74) is 1.02. The Hall–Kier alpha value is -2.01. The first-order valence-corrected chi connectivity index (χ1v) is 7.32. The summed E-state index contributed by atoms with van der Waals surface area (Å²) in [5.74, 6) is -0.461. The molecule has 0 spiro atoms. The minimum Gasteiger partial charge on any atom is -0.456 e. The second kappa shape index (κ2) is 6.01. The minimum absolute atomic E-state index is 0.357. The van der Waals surface area contributed by atoms with E-state index in [1.165, 1.54) is 0 Å². The fourth-order valence-electron chi connectivity index (χ4n) is 2.20. The van der Waals surface area contributed by atoms with E-state index < -0.39 is 17.6 Å². The van der Waals surface area contributed by atoms with Crippen LogP contribution in [0.15, 0.2) is 35.5 Å². The molecule has 1 atom stereocenters. The van der Waals surface area contributed by atoms with Gasteiger partial charge >= 0.3 is 12.0 Å². The molecule has 0 aliphatic carbocycles. The van der Waals surface area contributed by atoms with Gasteiger partial charge in [0.2, 0.25) is 0 Å². The molecule has 0 aromatic heterocycles. The number of carbonyl (C=O) groups excluding carboxylic acids is 2. The molecule has 1 heterocycles. The maximum atomic E-state index is 12.5. The van der Waals surface area contributed by atoms with Crippen molar-refractivity contribution in [3.63, 3.8) is 0 Å². The standard InChI is InChI=1S/C16H19ClN2O3/c1-9-12(14(20)22-16(2,3)4)13(19-15(21)18-9)10-5-7-11(17)8-6-10/h5-8,13H,1-4H3,(H2,18,19,21)/t13-/m0/s1. The van der Waals surface area contributed by atoms with Crippen LogP contribution in [0.3, 0.4) is 0 Å². The highest BCUT2D eigenvalue weighted by Gasteiger charge is 2.33. The van der Waals surface area contributed by atoms with Crippen molar-refractivity contribution < 1.29 is 14.3 Å². The topological polar surface area (TPSA) is 67.4 Å². The summed E-state index contributed by atoms with van der Waals surface area (Å²) in [6.45, 7) is 7.08. The van der Waals surface area contributed by atoms with Gasteiger partial charge in [-0.3, -0.25) is 0 Å². The molecule has 2 rings (SSSR count). The molecular formula is C16H19ClN2O3. The van der Waals surface area contributed by atoms with Crippen molar-refractivity contribution in [1.29, 1.82) is 0 Å². The van der Waals surface area contributed by atoms with Crippen LogP contribution in [0.4, 0.5) is 4.79 Å². The zero-order valence-electron chi connectivity index (χ0n) is 13.0. The van der Waals surface area contributed by atoms with E-state index in [2.05, 4.69) is 10.6 Å². The van der Waals surface area contributed by atoms with Gasteiger partial charge in [-0.15, -0.1) is 0 Å². The SMILES string of the molecule is CC1=C(C(=O)OC(C)(C)C)[C@H](c2ccc(Cl)cc2)NC(=O)N1. The maximum absolute atomic E-state index is 12.5. The molecule has 2 amide bonds. The normalized spacial score (nSPS) is 18.6. The van der Waals surface area contributed by atoms with Crippen molar-refractivity contribution in [2.45, 2.75) is 39.3 Å². The number of esters is 1. The van der Waals surface area contributed by atoms with Crippen molar-refractivity contribution in [3.05, 3.63) is 46.1 Å². The van der Waals surface area contributed by atoms with E-state index in [4.69, 9.17) is 16.3 Å². The smallest absolute Gasteiger partial charge is 0.338 e. The molecule has 6 heteroatoms. The van der Waals surface area contributed by atoms with Crippen molar-refractivity contribution in [1.82, 2.24) is 10.6 Å². The summed E-state index contributed by atoms with van der Waals surface area (Å²) >= 11 is 5.89. The van der Waals surface area contributed by atoms with Crippen LogP contribution in [-0.2, 0) is 9.53 Å². The molecule has 2 N–H and O–H groups in total. The van der Waals surface area contributed by atoms with Gasteiger partial charge in [0.1, 0.15) is 5.60 Å². The summed E-state index contributed by atoms with van der Waals surface area (Å²) in [5, 5.41) is 5.94. The van der Waals surface area contributed by atoms with Crippen LogP contribution in [0.25, 0.3) is 0 Å². The Morgan fingerprint density at radius 2 is 1.82 bits per heavy atom. The Labute approximate surface area is 134 Å². The number of urea groups is 1. The van der Waals surface area contributed by atoms with Crippen molar-refractivity contribution in [2.24, 2.45) is 0 Å². The first-order valence-electron chi connectivity index (χ1n) is 6.94. The number of hydrogen-bond donors (Lipinski definition) is 2. The number of nitrogens with one attached hydrogen (secondary N) is 2. The molecule has 1 aliphatic rings. The van der Waals surface area contributed by atoms with Crippen molar-refractivity contribution >= 4 is 23.6 Å². The van der Waals surface area contributed by atoms with Crippen molar-refractivity contribution in [2.75, 3.05) is 0 Å². The van der Waals surface area contributed by atoms with Crippen LogP contribution in [-0.4, -0.2) is 17.6 Å². The average Bonchev–Trinajstić information content (AvgIpc) is 2.36. The summed E-state index contributed by atoms with van der Waals surface area (Å²) < 4.78 is 5.44. The lowest BCUT2D eigenvalue weighted by Crippen LogP contribution is -2.46. The monoisotopic (exact) mass is 322 g/mol. The third-order valence-electron chi connectivity index (χ3n) is 3.09. The zero-order chi connectivity index (χ0) is 16.5. The first-order chi connectivity index (χ1) is 10.2. The fraction of sp³-hybridized carbons (Fsp3) is 0.375. The lowest BCUT2D eigenvalue weighted by molar-refractivity contribution is -0.150. The van der Waals surface area contributed by atoms with Crippen LogP contribution >= 0.6 is 11.6 Å². The van der Waals surface area contributed by atoms with Gasteiger partial charge in [0.05, 0.1) is 11.6 Å².